The molecule has 0 aliphatic rings. The number of thioether (sulfide) groups is 1. The highest BCUT2D eigenvalue weighted by atomic mass is 32.2. The van der Waals surface area contributed by atoms with Crippen molar-refractivity contribution in [3.63, 3.8) is 0 Å². The second-order valence-corrected chi connectivity index (χ2v) is 8.04. The molecule has 0 radical (unpaired) electrons. The number of benzene rings is 3. The number of carbonyl (C=O) groups excluding carboxylic acids is 1. The van der Waals surface area contributed by atoms with Gasteiger partial charge in [-0.2, -0.15) is 0 Å². The molecule has 0 saturated heterocycles. The van der Waals surface area contributed by atoms with Gasteiger partial charge in [0.1, 0.15) is 0 Å². The number of carbonyl (C=O) groups is 1. The summed E-state index contributed by atoms with van der Waals surface area (Å²) in [6, 6.07) is 27.2. The Hall–Kier alpha value is -3.58. The van der Waals surface area contributed by atoms with E-state index in [0.717, 1.165) is 16.7 Å². The van der Waals surface area contributed by atoms with Gasteiger partial charge in [0.25, 0.3) is 0 Å². The van der Waals surface area contributed by atoms with E-state index in [9.17, 15) is 4.79 Å². The largest absolute Gasteiger partial charge is 0.399 e. The van der Waals surface area contributed by atoms with Crippen LogP contribution in [-0.4, -0.2) is 26.4 Å². The van der Waals surface area contributed by atoms with Gasteiger partial charge in [0.05, 0.1) is 11.8 Å². The first kappa shape index (κ1) is 20.7. The molecule has 0 spiro atoms. The minimum absolute atomic E-state index is 0.0730. The molecule has 7 heteroatoms. The van der Waals surface area contributed by atoms with Crippen LogP contribution < -0.4 is 11.1 Å². The van der Waals surface area contributed by atoms with Crippen molar-refractivity contribution in [1.29, 1.82) is 0 Å². The third kappa shape index (κ3) is 4.95. The SMILES string of the molecule is Cn1c(SCC(=O)NC(c2ccccc2)c2ccccc2)nnc1-c1cccc(N)c1. The lowest BCUT2D eigenvalue weighted by atomic mass is 9.99. The monoisotopic (exact) mass is 429 g/mol. The van der Waals surface area contributed by atoms with Crippen molar-refractivity contribution in [3.05, 3.63) is 96.1 Å². The first-order valence-corrected chi connectivity index (χ1v) is 10.9. The molecular formula is C24H23N5OS. The zero-order chi connectivity index (χ0) is 21.6. The number of anilines is 1. The number of hydrogen-bond acceptors (Lipinski definition) is 5. The molecule has 0 atom stereocenters. The Bertz CT molecular complexity index is 1120. The Labute approximate surface area is 185 Å². The average Bonchev–Trinajstić information content (AvgIpc) is 3.17. The first-order valence-electron chi connectivity index (χ1n) is 9.89. The van der Waals surface area contributed by atoms with Gasteiger partial charge in [0.2, 0.25) is 5.91 Å². The summed E-state index contributed by atoms with van der Waals surface area (Å²) in [5.41, 5.74) is 9.51. The maximum Gasteiger partial charge on any atom is 0.231 e. The van der Waals surface area contributed by atoms with E-state index in [-0.39, 0.29) is 17.7 Å². The summed E-state index contributed by atoms with van der Waals surface area (Å²) in [5.74, 6) is 0.872. The van der Waals surface area contributed by atoms with Gasteiger partial charge < -0.3 is 15.6 Å². The Morgan fingerprint density at radius 3 is 2.23 bits per heavy atom. The molecule has 0 fully saturated rings. The highest BCUT2D eigenvalue weighted by Gasteiger charge is 2.18. The number of rotatable bonds is 7. The topological polar surface area (TPSA) is 85.8 Å². The van der Waals surface area contributed by atoms with E-state index in [1.54, 1.807) is 0 Å². The van der Waals surface area contributed by atoms with E-state index in [0.29, 0.717) is 16.7 Å². The van der Waals surface area contributed by atoms with Crippen molar-refractivity contribution in [3.8, 4) is 11.4 Å². The van der Waals surface area contributed by atoms with Gasteiger partial charge in [-0.1, -0.05) is 84.6 Å². The summed E-state index contributed by atoms with van der Waals surface area (Å²) >= 11 is 1.35. The summed E-state index contributed by atoms with van der Waals surface area (Å²) in [6.45, 7) is 0. The van der Waals surface area contributed by atoms with Crippen molar-refractivity contribution in [2.75, 3.05) is 11.5 Å². The molecule has 0 saturated carbocycles. The molecule has 0 aliphatic heterocycles. The van der Waals surface area contributed by atoms with E-state index in [1.807, 2.05) is 96.5 Å². The van der Waals surface area contributed by atoms with Gasteiger partial charge in [0, 0.05) is 18.3 Å². The number of hydrogen-bond donors (Lipinski definition) is 2. The van der Waals surface area contributed by atoms with Crippen LogP contribution in [0.3, 0.4) is 0 Å². The number of nitrogens with two attached hydrogens (primary N) is 1. The van der Waals surface area contributed by atoms with Gasteiger partial charge in [-0.05, 0) is 23.3 Å². The maximum atomic E-state index is 12.8. The molecule has 0 unspecified atom stereocenters. The summed E-state index contributed by atoms with van der Waals surface area (Å²) in [7, 11) is 1.88. The Kier molecular flexibility index (Phi) is 6.33. The molecule has 31 heavy (non-hydrogen) atoms. The van der Waals surface area contributed by atoms with Gasteiger partial charge in [-0.25, -0.2) is 0 Å². The summed E-state index contributed by atoms with van der Waals surface area (Å²) in [5, 5.41) is 12.3. The number of nitrogens with zero attached hydrogens (tertiary/aromatic N) is 3. The van der Waals surface area contributed by atoms with Crippen LogP contribution in [0.2, 0.25) is 0 Å². The zero-order valence-corrected chi connectivity index (χ0v) is 17.9. The molecule has 0 bridgehead atoms. The number of nitrogen functional groups attached to an aromatic ring is 1. The molecule has 4 rings (SSSR count). The lowest BCUT2D eigenvalue weighted by Crippen LogP contribution is -2.30. The zero-order valence-electron chi connectivity index (χ0n) is 17.1. The van der Waals surface area contributed by atoms with Crippen LogP contribution in [0.15, 0.2) is 90.1 Å². The van der Waals surface area contributed by atoms with Crippen LogP contribution in [0.25, 0.3) is 11.4 Å². The second kappa shape index (κ2) is 9.49. The predicted octanol–water partition coefficient (Wildman–Crippen LogP) is 4.06. The summed E-state index contributed by atoms with van der Waals surface area (Å²) in [4.78, 5) is 12.8. The van der Waals surface area contributed by atoms with Crippen LogP contribution in [-0.2, 0) is 11.8 Å². The molecule has 1 amide bonds. The smallest absolute Gasteiger partial charge is 0.231 e. The highest BCUT2D eigenvalue weighted by molar-refractivity contribution is 7.99. The molecule has 156 valence electrons. The summed E-state index contributed by atoms with van der Waals surface area (Å²) in [6.07, 6.45) is 0. The third-order valence-corrected chi connectivity index (χ3v) is 5.90. The Morgan fingerprint density at radius 1 is 0.968 bits per heavy atom. The van der Waals surface area contributed by atoms with Crippen LogP contribution in [0.4, 0.5) is 5.69 Å². The summed E-state index contributed by atoms with van der Waals surface area (Å²) < 4.78 is 1.87. The van der Waals surface area contributed by atoms with Crippen molar-refractivity contribution >= 4 is 23.4 Å². The maximum absolute atomic E-state index is 12.8. The Balaban J connectivity index is 1.46. The van der Waals surface area contributed by atoms with Gasteiger partial charge in [-0.15, -0.1) is 10.2 Å². The van der Waals surface area contributed by atoms with Crippen LogP contribution in [0, 0.1) is 0 Å². The fourth-order valence-corrected chi connectivity index (χ4v) is 4.07. The van der Waals surface area contributed by atoms with Crippen LogP contribution >= 0.6 is 11.8 Å². The standard InChI is InChI=1S/C24H23N5OS/c1-29-23(19-13-8-14-20(25)15-19)27-28-24(29)31-16-21(30)26-22(17-9-4-2-5-10-17)18-11-6-3-7-12-18/h2-15,22H,16,25H2,1H3,(H,26,30). The van der Waals surface area contributed by atoms with E-state index >= 15 is 0 Å². The molecule has 4 aromatic rings. The Morgan fingerprint density at radius 2 is 1.61 bits per heavy atom. The normalized spacial score (nSPS) is 10.9. The van der Waals surface area contributed by atoms with Crippen molar-refractivity contribution < 1.29 is 4.79 Å². The van der Waals surface area contributed by atoms with Crippen LogP contribution in [0.1, 0.15) is 17.2 Å². The van der Waals surface area contributed by atoms with Crippen LogP contribution in [0.5, 0.6) is 0 Å². The lowest BCUT2D eigenvalue weighted by molar-refractivity contribution is -0.119. The van der Waals surface area contributed by atoms with E-state index in [1.165, 1.54) is 11.8 Å². The first-order chi connectivity index (χ1) is 15.1. The fraction of sp³-hybridized carbons (Fsp3) is 0.125. The lowest BCUT2D eigenvalue weighted by Gasteiger charge is -2.19. The minimum Gasteiger partial charge on any atom is -0.399 e. The van der Waals surface area contributed by atoms with Gasteiger partial charge in [0.15, 0.2) is 11.0 Å². The van der Waals surface area contributed by atoms with E-state index in [2.05, 4.69) is 15.5 Å². The second-order valence-electron chi connectivity index (χ2n) is 7.10. The molecule has 3 N–H and O–H groups in total. The number of nitrogens with one attached hydrogen (secondary N) is 1. The molecular weight excluding hydrogens is 406 g/mol. The van der Waals surface area contributed by atoms with E-state index < -0.39 is 0 Å². The van der Waals surface area contributed by atoms with E-state index in [4.69, 9.17) is 5.73 Å². The third-order valence-electron chi connectivity index (χ3n) is 4.88. The molecule has 1 heterocycles. The fourth-order valence-electron chi connectivity index (χ4n) is 3.35. The molecule has 0 aliphatic carbocycles. The van der Waals surface area contributed by atoms with Crippen molar-refractivity contribution in [2.24, 2.45) is 7.05 Å². The number of aromatic nitrogens is 3. The molecule has 1 aromatic heterocycles. The molecule has 6 nitrogen and oxygen atoms in total. The molecule has 3 aromatic carbocycles. The highest BCUT2D eigenvalue weighted by Crippen LogP contribution is 2.25. The van der Waals surface area contributed by atoms with Gasteiger partial charge >= 0.3 is 0 Å². The average molecular weight is 430 g/mol. The predicted molar refractivity (Wildman–Crippen MR) is 124 cm³/mol. The number of amides is 1. The van der Waals surface area contributed by atoms with Crippen molar-refractivity contribution in [2.45, 2.75) is 11.2 Å². The van der Waals surface area contributed by atoms with Gasteiger partial charge in [-0.3, -0.25) is 4.79 Å². The van der Waals surface area contributed by atoms with Crippen molar-refractivity contribution in [1.82, 2.24) is 20.1 Å². The quantitative estimate of drug-likeness (QED) is 0.342. The minimum atomic E-state index is -0.210.